The number of nitrogens with one attached hydrogen (secondary N) is 2. The number of nitrogens with zero attached hydrogens (tertiary/aromatic N) is 2. The smallest absolute Gasteiger partial charge is 0.240 e. The number of benzene rings is 3. The SMILES string of the molecule is COc1ccc(-c2n[nH]c(=S)n2CC(=O)NCC2CC3c4ccccc4C2c2ccccc23)cc1. The molecule has 2 N–H and O–H groups in total. The van der Waals surface area contributed by atoms with Gasteiger partial charge in [0.1, 0.15) is 12.3 Å². The number of H-pyrrole nitrogens is 1. The van der Waals surface area contributed by atoms with Crippen molar-refractivity contribution in [2.45, 2.75) is 24.8 Å². The number of rotatable bonds is 6. The van der Waals surface area contributed by atoms with Crippen molar-refractivity contribution in [2.75, 3.05) is 13.7 Å². The molecule has 1 heterocycles. The minimum Gasteiger partial charge on any atom is -0.497 e. The molecular formula is C28H26N4O2S. The van der Waals surface area contributed by atoms with Gasteiger partial charge in [-0.25, -0.2) is 0 Å². The summed E-state index contributed by atoms with van der Waals surface area (Å²) in [5.41, 5.74) is 6.55. The lowest BCUT2D eigenvalue weighted by Crippen LogP contribution is -2.40. The van der Waals surface area contributed by atoms with Gasteiger partial charge in [-0.05, 0) is 71.1 Å². The van der Waals surface area contributed by atoms with Gasteiger partial charge in [0.15, 0.2) is 10.6 Å². The van der Waals surface area contributed by atoms with Crippen LogP contribution in [0.3, 0.4) is 0 Å². The third kappa shape index (κ3) is 3.76. The number of fused-ring (bicyclic) bond motifs is 1. The van der Waals surface area contributed by atoms with Crippen LogP contribution in [0.25, 0.3) is 11.4 Å². The molecule has 0 radical (unpaired) electrons. The zero-order valence-electron chi connectivity index (χ0n) is 19.4. The number of aromatic amines is 1. The van der Waals surface area contributed by atoms with Crippen molar-refractivity contribution < 1.29 is 9.53 Å². The van der Waals surface area contributed by atoms with E-state index in [4.69, 9.17) is 17.0 Å². The number of aromatic nitrogens is 3. The second-order valence-corrected chi connectivity index (χ2v) is 9.64. The Kier molecular flexibility index (Phi) is 5.49. The first-order valence-corrected chi connectivity index (χ1v) is 12.3. The first-order valence-electron chi connectivity index (χ1n) is 11.9. The Morgan fingerprint density at radius 2 is 1.66 bits per heavy atom. The van der Waals surface area contributed by atoms with E-state index in [9.17, 15) is 4.79 Å². The van der Waals surface area contributed by atoms with Crippen molar-refractivity contribution in [1.82, 2.24) is 20.1 Å². The van der Waals surface area contributed by atoms with Crippen LogP contribution in [0.1, 0.15) is 40.5 Å². The molecule has 0 saturated carbocycles. The van der Waals surface area contributed by atoms with Gasteiger partial charge in [-0.1, -0.05) is 48.5 Å². The van der Waals surface area contributed by atoms with Crippen LogP contribution >= 0.6 is 12.2 Å². The van der Waals surface area contributed by atoms with Gasteiger partial charge in [0.2, 0.25) is 5.91 Å². The molecular weight excluding hydrogens is 456 g/mol. The second-order valence-electron chi connectivity index (χ2n) is 9.25. The zero-order valence-corrected chi connectivity index (χ0v) is 20.2. The van der Waals surface area contributed by atoms with Gasteiger partial charge in [0, 0.05) is 23.9 Å². The lowest BCUT2D eigenvalue weighted by molar-refractivity contribution is -0.121. The van der Waals surface area contributed by atoms with Gasteiger partial charge in [-0.2, -0.15) is 5.10 Å². The summed E-state index contributed by atoms with van der Waals surface area (Å²) in [5, 5.41) is 10.4. The van der Waals surface area contributed by atoms with Crippen molar-refractivity contribution >= 4 is 18.1 Å². The van der Waals surface area contributed by atoms with E-state index in [1.165, 1.54) is 22.3 Å². The Bertz CT molecular complexity index is 1410. The van der Waals surface area contributed by atoms with Crippen LogP contribution in [-0.4, -0.2) is 34.3 Å². The molecule has 7 heteroatoms. The van der Waals surface area contributed by atoms with Crippen LogP contribution < -0.4 is 10.1 Å². The van der Waals surface area contributed by atoms with Crippen LogP contribution in [-0.2, 0) is 11.3 Å². The molecule has 35 heavy (non-hydrogen) atoms. The van der Waals surface area contributed by atoms with Crippen molar-refractivity contribution in [2.24, 2.45) is 5.92 Å². The molecule has 0 fully saturated rings. The summed E-state index contributed by atoms with van der Waals surface area (Å²) in [5.74, 6) is 2.37. The van der Waals surface area contributed by atoms with E-state index in [0.29, 0.717) is 34.9 Å². The Labute approximate surface area is 209 Å². The Hall–Kier alpha value is -3.71. The molecule has 1 atom stereocenters. The summed E-state index contributed by atoms with van der Waals surface area (Å²) in [4.78, 5) is 13.0. The van der Waals surface area contributed by atoms with E-state index in [1.54, 1.807) is 11.7 Å². The molecule has 3 aliphatic rings. The number of hydrogen-bond acceptors (Lipinski definition) is 4. The van der Waals surface area contributed by atoms with Gasteiger partial charge in [-0.15, -0.1) is 0 Å². The Balaban J connectivity index is 1.20. The molecule has 1 unspecified atom stereocenters. The standard InChI is InChI=1S/C28H26N4O2S/c1-34-19-12-10-17(11-13-19)27-30-31-28(35)32(27)16-25(33)29-15-18-14-24-20-6-2-4-8-22(20)26(18)23-9-5-3-7-21(23)24/h2-13,18,24,26H,14-16H2,1H3,(H,29,33)(H,31,35). The number of hydrogen-bond donors (Lipinski definition) is 2. The summed E-state index contributed by atoms with van der Waals surface area (Å²) < 4.78 is 7.40. The molecule has 0 aliphatic heterocycles. The van der Waals surface area contributed by atoms with Gasteiger partial charge in [0.05, 0.1) is 7.11 Å². The molecule has 3 aromatic carbocycles. The Morgan fingerprint density at radius 3 is 2.29 bits per heavy atom. The van der Waals surface area contributed by atoms with Crippen molar-refractivity contribution in [3.05, 3.63) is 99.8 Å². The molecule has 2 bridgehead atoms. The predicted molar refractivity (Wildman–Crippen MR) is 137 cm³/mol. The lowest BCUT2D eigenvalue weighted by atomic mass is 9.59. The first kappa shape index (κ1) is 21.8. The average Bonchev–Trinajstić information content (AvgIpc) is 3.27. The second kappa shape index (κ2) is 8.82. The molecule has 3 aliphatic carbocycles. The summed E-state index contributed by atoms with van der Waals surface area (Å²) in [7, 11) is 1.63. The molecule has 4 aromatic rings. The van der Waals surface area contributed by atoms with E-state index >= 15 is 0 Å². The van der Waals surface area contributed by atoms with E-state index in [1.807, 2.05) is 24.3 Å². The molecule has 0 saturated heterocycles. The zero-order chi connectivity index (χ0) is 23.9. The van der Waals surface area contributed by atoms with Crippen molar-refractivity contribution in [3.8, 4) is 17.1 Å². The number of amides is 1. The molecule has 7 rings (SSSR count). The maximum Gasteiger partial charge on any atom is 0.240 e. The van der Waals surface area contributed by atoms with E-state index in [-0.39, 0.29) is 12.5 Å². The highest BCUT2D eigenvalue weighted by Crippen LogP contribution is 2.55. The van der Waals surface area contributed by atoms with Crippen molar-refractivity contribution in [1.29, 1.82) is 0 Å². The van der Waals surface area contributed by atoms with Gasteiger partial charge < -0.3 is 10.1 Å². The maximum atomic E-state index is 13.0. The topological polar surface area (TPSA) is 71.9 Å². The minimum atomic E-state index is -0.0692. The fourth-order valence-electron chi connectivity index (χ4n) is 5.83. The van der Waals surface area contributed by atoms with E-state index in [2.05, 4.69) is 64.0 Å². The van der Waals surface area contributed by atoms with Crippen LogP contribution in [0, 0.1) is 10.7 Å². The fourth-order valence-corrected chi connectivity index (χ4v) is 6.03. The van der Waals surface area contributed by atoms with Gasteiger partial charge in [-0.3, -0.25) is 14.5 Å². The van der Waals surface area contributed by atoms with Gasteiger partial charge in [0.25, 0.3) is 0 Å². The highest BCUT2D eigenvalue weighted by molar-refractivity contribution is 7.71. The summed E-state index contributed by atoms with van der Waals surface area (Å²) in [6, 6.07) is 25.1. The lowest BCUT2D eigenvalue weighted by Gasteiger charge is -2.45. The third-order valence-electron chi connectivity index (χ3n) is 7.39. The number of methoxy groups -OCH3 is 1. The molecule has 1 aromatic heterocycles. The number of carbonyl (C=O) groups is 1. The van der Waals surface area contributed by atoms with Gasteiger partial charge >= 0.3 is 0 Å². The largest absolute Gasteiger partial charge is 0.497 e. The van der Waals surface area contributed by atoms with Crippen LogP contribution in [0.5, 0.6) is 5.75 Å². The normalized spacial score (nSPS) is 19.6. The summed E-state index contributed by atoms with van der Waals surface area (Å²) in [6.07, 6.45) is 1.04. The number of ether oxygens (including phenoxy) is 1. The number of carbonyl (C=O) groups excluding carboxylic acids is 1. The summed E-state index contributed by atoms with van der Waals surface area (Å²) >= 11 is 5.42. The molecule has 0 spiro atoms. The highest BCUT2D eigenvalue weighted by atomic mass is 32.1. The van der Waals surface area contributed by atoms with Crippen LogP contribution in [0.2, 0.25) is 0 Å². The predicted octanol–water partition coefficient (Wildman–Crippen LogP) is 5.03. The third-order valence-corrected chi connectivity index (χ3v) is 7.70. The summed E-state index contributed by atoms with van der Waals surface area (Å²) in [6.45, 7) is 0.746. The van der Waals surface area contributed by atoms with Crippen molar-refractivity contribution in [3.63, 3.8) is 0 Å². The first-order chi connectivity index (χ1) is 17.1. The van der Waals surface area contributed by atoms with E-state index in [0.717, 1.165) is 17.7 Å². The quantitative estimate of drug-likeness (QED) is 0.378. The molecule has 6 nitrogen and oxygen atoms in total. The molecule has 1 amide bonds. The Morgan fingerprint density at radius 1 is 1.03 bits per heavy atom. The molecule has 176 valence electrons. The van der Waals surface area contributed by atoms with Crippen LogP contribution in [0.15, 0.2) is 72.8 Å². The van der Waals surface area contributed by atoms with E-state index < -0.39 is 0 Å². The minimum absolute atomic E-state index is 0.0692. The average molecular weight is 483 g/mol. The van der Waals surface area contributed by atoms with Crippen LogP contribution in [0.4, 0.5) is 0 Å². The highest BCUT2D eigenvalue weighted by Gasteiger charge is 2.42. The fraction of sp³-hybridized carbons (Fsp3) is 0.250. The monoisotopic (exact) mass is 482 g/mol. The maximum absolute atomic E-state index is 13.0.